The molecule has 3 unspecified atom stereocenters. The minimum Gasteiger partial charge on any atom is -0.497 e. The van der Waals surface area contributed by atoms with Gasteiger partial charge in [-0.15, -0.1) is 0 Å². The van der Waals surface area contributed by atoms with Gasteiger partial charge in [-0.05, 0) is 50.4 Å². The fourth-order valence-electron chi connectivity index (χ4n) is 3.86. The van der Waals surface area contributed by atoms with E-state index in [1.807, 2.05) is 13.1 Å². The van der Waals surface area contributed by atoms with E-state index in [-0.39, 0.29) is 5.60 Å². The first-order valence-electron chi connectivity index (χ1n) is 7.74. The minimum atomic E-state index is 0.0515. The molecule has 3 rings (SSSR count). The Hall–Kier alpha value is -1.22. The molecule has 0 bridgehead atoms. The van der Waals surface area contributed by atoms with Crippen molar-refractivity contribution in [3.05, 3.63) is 23.8 Å². The van der Waals surface area contributed by atoms with Crippen LogP contribution in [0.4, 0.5) is 0 Å². The molecular weight excluding hydrogens is 250 g/mol. The van der Waals surface area contributed by atoms with E-state index in [1.165, 1.54) is 31.2 Å². The average molecular weight is 275 g/mol. The number of benzene rings is 1. The molecule has 0 saturated heterocycles. The fourth-order valence-corrected chi connectivity index (χ4v) is 3.86. The van der Waals surface area contributed by atoms with Crippen molar-refractivity contribution in [2.75, 3.05) is 14.2 Å². The highest BCUT2D eigenvalue weighted by Gasteiger charge is 2.45. The van der Waals surface area contributed by atoms with Gasteiger partial charge < -0.3 is 14.8 Å². The van der Waals surface area contributed by atoms with Crippen LogP contribution in [-0.2, 0) is 0 Å². The van der Waals surface area contributed by atoms with Gasteiger partial charge in [-0.25, -0.2) is 0 Å². The van der Waals surface area contributed by atoms with E-state index >= 15 is 0 Å². The standard InChI is InChI=1S/C17H25NO2/c1-4-12-7-8-17(10-12)11-15(18-2)14-9-13(19-3)5-6-16(14)20-17/h5-6,9,12,15,18H,4,7-8,10-11H2,1-3H3. The van der Waals surface area contributed by atoms with Crippen LogP contribution in [0.5, 0.6) is 11.5 Å². The van der Waals surface area contributed by atoms with Crippen molar-refractivity contribution < 1.29 is 9.47 Å². The third-order valence-corrected chi connectivity index (χ3v) is 5.09. The zero-order chi connectivity index (χ0) is 14.2. The number of fused-ring (bicyclic) bond motifs is 1. The van der Waals surface area contributed by atoms with Crippen molar-refractivity contribution >= 4 is 0 Å². The molecule has 1 saturated carbocycles. The van der Waals surface area contributed by atoms with Crippen LogP contribution < -0.4 is 14.8 Å². The summed E-state index contributed by atoms with van der Waals surface area (Å²) in [6.45, 7) is 2.29. The van der Waals surface area contributed by atoms with E-state index in [1.54, 1.807) is 7.11 Å². The lowest BCUT2D eigenvalue weighted by Gasteiger charge is -2.40. The van der Waals surface area contributed by atoms with Crippen molar-refractivity contribution in [3.63, 3.8) is 0 Å². The minimum absolute atomic E-state index is 0.0515. The fraction of sp³-hybridized carbons (Fsp3) is 0.647. The summed E-state index contributed by atoms with van der Waals surface area (Å²) in [5, 5.41) is 3.46. The van der Waals surface area contributed by atoms with E-state index in [0.717, 1.165) is 23.8 Å². The van der Waals surface area contributed by atoms with Crippen molar-refractivity contribution in [2.45, 2.75) is 50.7 Å². The summed E-state index contributed by atoms with van der Waals surface area (Å²) >= 11 is 0. The van der Waals surface area contributed by atoms with Gasteiger partial charge in [0.05, 0.1) is 7.11 Å². The van der Waals surface area contributed by atoms with Gasteiger partial charge in [0.2, 0.25) is 0 Å². The first-order valence-corrected chi connectivity index (χ1v) is 7.74. The molecule has 20 heavy (non-hydrogen) atoms. The van der Waals surface area contributed by atoms with Gasteiger partial charge in [0.1, 0.15) is 17.1 Å². The van der Waals surface area contributed by atoms with Gasteiger partial charge in [0, 0.05) is 18.0 Å². The van der Waals surface area contributed by atoms with Crippen molar-refractivity contribution in [1.82, 2.24) is 5.32 Å². The zero-order valence-electron chi connectivity index (χ0n) is 12.7. The first-order chi connectivity index (χ1) is 9.69. The number of hydrogen-bond acceptors (Lipinski definition) is 3. The predicted octanol–water partition coefficient (Wildman–Crippen LogP) is 3.69. The van der Waals surface area contributed by atoms with Gasteiger partial charge in [-0.2, -0.15) is 0 Å². The van der Waals surface area contributed by atoms with Gasteiger partial charge in [0.15, 0.2) is 0 Å². The number of methoxy groups -OCH3 is 1. The van der Waals surface area contributed by atoms with Crippen molar-refractivity contribution in [2.24, 2.45) is 5.92 Å². The van der Waals surface area contributed by atoms with Gasteiger partial charge in [0.25, 0.3) is 0 Å². The molecule has 0 aromatic heterocycles. The highest BCUT2D eigenvalue weighted by Crippen LogP contribution is 2.49. The van der Waals surface area contributed by atoms with E-state index in [2.05, 4.69) is 24.4 Å². The Bertz CT molecular complexity index is 488. The number of ether oxygens (including phenoxy) is 2. The smallest absolute Gasteiger partial charge is 0.125 e. The maximum atomic E-state index is 6.45. The summed E-state index contributed by atoms with van der Waals surface area (Å²) in [5.74, 6) is 2.77. The van der Waals surface area contributed by atoms with Crippen molar-refractivity contribution in [3.8, 4) is 11.5 Å². The second-order valence-electron chi connectivity index (χ2n) is 6.25. The van der Waals surface area contributed by atoms with Crippen LogP contribution in [0.3, 0.4) is 0 Å². The lowest BCUT2D eigenvalue weighted by atomic mass is 9.85. The summed E-state index contributed by atoms with van der Waals surface area (Å²) in [5.41, 5.74) is 1.29. The number of nitrogens with one attached hydrogen (secondary N) is 1. The topological polar surface area (TPSA) is 30.5 Å². The molecule has 0 radical (unpaired) electrons. The van der Waals surface area contributed by atoms with Crippen LogP contribution in [0.25, 0.3) is 0 Å². The SMILES string of the molecule is CCC1CCC2(C1)CC(NC)c1cc(OC)ccc1O2. The lowest BCUT2D eigenvalue weighted by molar-refractivity contribution is 0.0338. The molecule has 1 aliphatic carbocycles. The lowest BCUT2D eigenvalue weighted by Crippen LogP contribution is -2.41. The number of rotatable bonds is 3. The normalized spacial score (nSPS) is 31.9. The maximum absolute atomic E-state index is 6.45. The summed E-state index contributed by atoms with van der Waals surface area (Å²) in [6.07, 6.45) is 6.03. The van der Waals surface area contributed by atoms with E-state index in [0.29, 0.717) is 6.04 Å². The molecule has 1 aliphatic heterocycles. The van der Waals surface area contributed by atoms with Gasteiger partial charge >= 0.3 is 0 Å². The second-order valence-corrected chi connectivity index (χ2v) is 6.25. The predicted molar refractivity (Wildman–Crippen MR) is 80.4 cm³/mol. The van der Waals surface area contributed by atoms with Crippen LogP contribution >= 0.6 is 0 Å². The summed E-state index contributed by atoms with van der Waals surface area (Å²) in [6, 6.07) is 6.54. The molecule has 1 aromatic carbocycles. The molecule has 0 amide bonds. The quantitative estimate of drug-likeness (QED) is 0.912. The second kappa shape index (κ2) is 5.28. The molecule has 1 fully saturated rings. The van der Waals surface area contributed by atoms with Gasteiger partial charge in [-0.1, -0.05) is 13.3 Å². The van der Waals surface area contributed by atoms with Crippen LogP contribution in [0.2, 0.25) is 0 Å². The molecule has 1 heterocycles. The highest BCUT2D eigenvalue weighted by molar-refractivity contribution is 5.44. The Morgan fingerprint density at radius 1 is 1.40 bits per heavy atom. The van der Waals surface area contributed by atoms with Crippen LogP contribution in [0, 0.1) is 5.92 Å². The Labute approximate surface area is 121 Å². The third-order valence-electron chi connectivity index (χ3n) is 5.09. The molecule has 3 heteroatoms. The molecule has 2 aliphatic rings. The monoisotopic (exact) mass is 275 g/mol. The molecule has 1 N–H and O–H groups in total. The van der Waals surface area contributed by atoms with E-state index in [4.69, 9.17) is 9.47 Å². The Kier molecular flexibility index (Phi) is 3.63. The molecule has 1 spiro atoms. The number of hydrogen-bond donors (Lipinski definition) is 1. The van der Waals surface area contributed by atoms with E-state index in [9.17, 15) is 0 Å². The molecule has 110 valence electrons. The van der Waals surface area contributed by atoms with Crippen LogP contribution in [-0.4, -0.2) is 19.8 Å². The summed E-state index contributed by atoms with van der Waals surface area (Å²) in [7, 11) is 3.75. The first kappa shape index (κ1) is 13.7. The van der Waals surface area contributed by atoms with Gasteiger partial charge in [-0.3, -0.25) is 0 Å². The molecule has 3 nitrogen and oxygen atoms in total. The van der Waals surface area contributed by atoms with Crippen LogP contribution in [0.1, 0.15) is 50.6 Å². The molecule has 3 atom stereocenters. The Morgan fingerprint density at radius 2 is 2.25 bits per heavy atom. The molecular formula is C17H25NO2. The van der Waals surface area contributed by atoms with E-state index < -0.39 is 0 Å². The Balaban J connectivity index is 1.91. The summed E-state index contributed by atoms with van der Waals surface area (Å²) in [4.78, 5) is 0. The average Bonchev–Trinajstić information content (AvgIpc) is 2.88. The van der Waals surface area contributed by atoms with Crippen LogP contribution in [0.15, 0.2) is 18.2 Å². The largest absolute Gasteiger partial charge is 0.497 e. The third kappa shape index (κ3) is 2.28. The molecule has 1 aromatic rings. The zero-order valence-corrected chi connectivity index (χ0v) is 12.7. The highest BCUT2D eigenvalue weighted by atomic mass is 16.5. The summed E-state index contributed by atoms with van der Waals surface area (Å²) < 4.78 is 11.8. The maximum Gasteiger partial charge on any atom is 0.125 e. The Morgan fingerprint density at radius 3 is 2.90 bits per heavy atom. The van der Waals surface area contributed by atoms with Crippen molar-refractivity contribution in [1.29, 1.82) is 0 Å².